The fraction of sp³-hybridized carbons (Fsp3) is 0.182. The highest BCUT2D eigenvalue weighted by molar-refractivity contribution is 5.96. The molecule has 6 rings (SSSR count). The van der Waals surface area contributed by atoms with Crippen LogP contribution in [-0.4, -0.2) is 33.0 Å². The number of anilines is 2. The zero-order valence-electron chi connectivity index (χ0n) is 15.7. The molecule has 0 amide bonds. The van der Waals surface area contributed by atoms with Crippen LogP contribution < -0.4 is 14.4 Å². The Hall–Kier alpha value is -3.74. The lowest BCUT2D eigenvalue weighted by atomic mass is 10.0. The van der Waals surface area contributed by atoms with Crippen LogP contribution in [0.3, 0.4) is 0 Å². The van der Waals surface area contributed by atoms with E-state index >= 15 is 0 Å². The van der Waals surface area contributed by atoms with Gasteiger partial charge in [0.25, 0.3) is 0 Å². The van der Waals surface area contributed by atoms with Gasteiger partial charge in [-0.25, -0.2) is 9.97 Å². The van der Waals surface area contributed by atoms with Gasteiger partial charge >= 0.3 is 0 Å². The molecule has 0 aliphatic carbocycles. The second kappa shape index (κ2) is 6.13. The van der Waals surface area contributed by atoms with Crippen molar-refractivity contribution in [3.63, 3.8) is 0 Å². The van der Waals surface area contributed by atoms with Gasteiger partial charge in [0.1, 0.15) is 6.33 Å². The average molecular weight is 383 g/mol. The summed E-state index contributed by atoms with van der Waals surface area (Å²) in [6.45, 7) is 2.76. The Morgan fingerprint density at radius 3 is 2.62 bits per heavy atom. The van der Waals surface area contributed by atoms with Crippen molar-refractivity contribution in [2.24, 2.45) is 0 Å². The Balaban J connectivity index is 1.44. The molecule has 0 radical (unpaired) electrons. The molecule has 2 aliphatic heterocycles. The molecule has 2 aromatic heterocycles. The van der Waals surface area contributed by atoms with Crippen molar-refractivity contribution in [1.29, 1.82) is 0 Å². The fourth-order valence-electron chi connectivity index (χ4n) is 4.11. The number of ether oxygens (including phenoxy) is 2. The van der Waals surface area contributed by atoms with Crippen LogP contribution >= 0.6 is 0 Å². The van der Waals surface area contributed by atoms with E-state index in [9.17, 15) is 0 Å². The highest BCUT2D eigenvalue weighted by Gasteiger charge is 2.26. The molecule has 0 bridgehead atoms. The number of fused-ring (bicyclic) bond motifs is 3. The second-order valence-corrected chi connectivity index (χ2v) is 7.22. The van der Waals surface area contributed by atoms with E-state index in [1.54, 1.807) is 6.33 Å². The number of aromatic nitrogens is 4. The molecule has 7 nitrogen and oxygen atoms in total. The van der Waals surface area contributed by atoms with E-state index in [-0.39, 0.29) is 6.29 Å². The molecule has 0 saturated heterocycles. The van der Waals surface area contributed by atoms with Gasteiger partial charge in [-0.05, 0) is 35.7 Å². The summed E-state index contributed by atoms with van der Waals surface area (Å²) >= 11 is 0. The van der Waals surface area contributed by atoms with Gasteiger partial charge in [-0.15, -0.1) is 0 Å². The van der Waals surface area contributed by atoms with Crippen LogP contribution in [0.25, 0.3) is 22.0 Å². The minimum absolute atomic E-state index is 0.286. The lowest BCUT2D eigenvalue weighted by molar-refractivity contribution is 0.0679. The van der Waals surface area contributed by atoms with Crippen LogP contribution in [0.15, 0.2) is 55.2 Å². The van der Waals surface area contributed by atoms with Crippen molar-refractivity contribution < 1.29 is 9.47 Å². The smallest absolute Gasteiger partial charge is 0.238 e. The lowest BCUT2D eigenvalue weighted by Gasteiger charge is -2.21. The van der Waals surface area contributed by atoms with Gasteiger partial charge in [-0.3, -0.25) is 0 Å². The standard InChI is InChI=1S/C22H17N5O2/c1-13-28-21-7-17-18(8-22(21)29-13)26-25-11-20(17)27-5-4-15-6-14(2-3-19(15)27)16-9-23-12-24-10-16/h2-3,6-13H,4-5H2,1H3. The van der Waals surface area contributed by atoms with Crippen LogP contribution in [-0.2, 0) is 6.42 Å². The van der Waals surface area contributed by atoms with Crippen LogP contribution in [0.4, 0.5) is 11.4 Å². The van der Waals surface area contributed by atoms with E-state index < -0.39 is 0 Å². The average Bonchev–Trinajstić information content (AvgIpc) is 3.33. The molecule has 2 aromatic carbocycles. The summed E-state index contributed by atoms with van der Waals surface area (Å²) < 4.78 is 11.4. The van der Waals surface area contributed by atoms with Crippen molar-refractivity contribution in [1.82, 2.24) is 20.2 Å². The Labute approximate surface area is 167 Å². The first-order valence-electron chi connectivity index (χ1n) is 9.55. The Kier molecular flexibility index (Phi) is 3.43. The molecule has 4 heterocycles. The van der Waals surface area contributed by atoms with E-state index in [1.807, 2.05) is 37.6 Å². The molecular weight excluding hydrogens is 366 g/mol. The van der Waals surface area contributed by atoms with Crippen molar-refractivity contribution in [3.05, 3.63) is 60.8 Å². The quantitative estimate of drug-likeness (QED) is 0.520. The molecule has 0 spiro atoms. The molecule has 1 atom stereocenters. The van der Waals surface area contributed by atoms with Crippen LogP contribution in [0.1, 0.15) is 12.5 Å². The van der Waals surface area contributed by atoms with Crippen molar-refractivity contribution in [3.8, 4) is 22.6 Å². The lowest BCUT2D eigenvalue weighted by Crippen LogP contribution is -2.14. The first-order chi connectivity index (χ1) is 14.3. The maximum atomic E-state index is 5.77. The summed E-state index contributed by atoms with van der Waals surface area (Å²) in [7, 11) is 0. The molecular formula is C22H17N5O2. The maximum Gasteiger partial charge on any atom is 0.238 e. The van der Waals surface area contributed by atoms with Gasteiger partial charge in [0.05, 0.1) is 17.4 Å². The molecule has 4 aromatic rings. The van der Waals surface area contributed by atoms with E-state index in [2.05, 4.69) is 43.3 Å². The van der Waals surface area contributed by atoms with Gasteiger partial charge in [-0.1, -0.05) is 6.07 Å². The van der Waals surface area contributed by atoms with E-state index in [0.29, 0.717) is 5.75 Å². The van der Waals surface area contributed by atoms with Gasteiger partial charge in [0.2, 0.25) is 6.29 Å². The predicted molar refractivity (Wildman–Crippen MR) is 108 cm³/mol. The monoisotopic (exact) mass is 383 g/mol. The van der Waals surface area contributed by atoms with Gasteiger partial charge < -0.3 is 14.4 Å². The van der Waals surface area contributed by atoms with Crippen LogP contribution in [0.5, 0.6) is 11.5 Å². The number of rotatable bonds is 2. The predicted octanol–water partition coefficient (Wildman–Crippen LogP) is 3.90. The summed E-state index contributed by atoms with van der Waals surface area (Å²) in [5.41, 5.74) is 6.45. The molecule has 2 aliphatic rings. The zero-order chi connectivity index (χ0) is 19.4. The van der Waals surface area contributed by atoms with Gasteiger partial charge in [0.15, 0.2) is 11.5 Å². The van der Waals surface area contributed by atoms with Crippen molar-refractivity contribution in [2.75, 3.05) is 11.4 Å². The third-order valence-electron chi connectivity index (χ3n) is 5.43. The topological polar surface area (TPSA) is 73.3 Å². The summed E-state index contributed by atoms with van der Waals surface area (Å²) in [5.74, 6) is 1.46. The van der Waals surface area contributed by atoms with Crippen LogP contribution in [0.2, 0.25) is 0 Å². The first-order valence-corrected chi connectivity index (χ1v) is 9.55. The maximum absolute atomic E-state index is 5.77. The molecule has 142 valence electrons. The zero-order valence-corrected chi connectivity index (χ0v) is 15.7. The third kappa shape index (κ3) is 2.58. The SMILES string of the molecule is CC1Oc2cc3nncc(N4CCc5cc(-c6cncnc6)ccc54)c3cc2O1. The summed E-state index contributed by atoms with van der Waals surface area (Å²) in [5, 5.41) is 9.54. The van der Waals surface area contributed by atoms with Crippen molar-refractivity contribution >= 4 is 22.3 Å². The number of nitrogens with zero attached hydrogens (tertiary/aromatic N) is 5. The van der Waals surface area contributed by atoms with E-state index in [1.165, 1.54) is 11.3 Å². The Morgan fingerprint density at radius 1 is 0.931 bits per heavy atom. The van der Waals surface area contributed by atoms with Gasteiger partial charge in [-0.2, -0.15) is 10.2 Å². The molecule has 0 N–H and O–H groups in total. The summed E-state index contributed by atoms with van der Waals surface area (Å²) in [6, 6.07) is 10.4. The largest absolute Gasteiger partial charge is 0.451 e. The normalized spacial score (nSPS) is 17.0. The Bertz CT molecular complexity index is 1240. The number of hydrogen-bond donors (Lipinski definition) is 0. The minimum Gasteiger partial charge on any atom is -0.451 e. The molecule has 0 fully saturated rings. The summed E-state index contributed by atoms with van der Waals surface area (Å²) in [4.78, 5) is 10.5. The minimum atomic E-state index is -0.286. The second-order valence-electron chi connectivity index (χ2n) is 7.22. The molecule has 1 unspecified atom stereocenters. The molecule has 7 heteroatoms. The molecule has 0 saturated carbocycles. The van der Waals surface area contributed by atoms with Crippen molar-refractivity contribution in [2.45, 2.75) is 19.6 Å². The number of hydrogen-bond acceptors (Lipinski definition) is 7. The van der Waals surface area contributed by atoms with Crippen LogP contribution in [0, 0.1) is 0 Å². The fourth-order valence-corrected chi connectivity index (χ4v) is 4.11. The van der Waals surface area contributed by atoms with E-state index in [4.69, 9.17) is 9.47 Å². The third-order valence-corrected chi connectivity index (χ3v) is 5.43. The highest BCUT2D eigenvalue weighted by atomic mass is 16.7. The number of benzene rings is 2. The molecule has 29 heavy (non-hydrogen) atoms. The summed E-state index contributed by atoms with van der Waals surface area (Å²) in [6.07, 6.45) is 7.72. The van der Waals surface area contributed by atoms with Gasteiger partial charge in [0, 0.05) is 48.6 Å². The highest BCUT2D eigenvalue weighted by Crippen LogP contribution is 2.43. The first kappa shape index (κ1) is 16.2. The van der Waals surface area contributed by atoms with E-state index in [0.717, 1.165) is 46.4 Å². The Morgan fingerprint density at radius 2 is 1.76 bits per heavy atom.